The molecular formula is C22H29NO4. The van der Waals surface area contributed by atoms with Gasteiger partial charge in [-0.15, -0.1) is 0 Å². The highest BCUT2D eigenvalue weighted by Crippen LogP contribution is 2.31. The third kappa shape index (κ3) is 5.16. The molecule has 0 saturated carbocycles. The van der Waals surface area contributed by atoms with Crippen molar-refractivity contribution in [3.05, 3.63) is 53.1 Å². The van der Waals surface area contributed by atoms with Crippen LogP contribution in [0.3, 0.4) is 0 Å². The van der Waals surface area contributed by atoms with Crippen LogP contribution in [0.25, 0.3) is 0 Å². The van der Waals surface area contributed by atoms with Gasteiger partial charge in [-0.2, -0.15) is 0 Å². The summed E-state index contributed by atoms with van der Waals surface area (Å²) in [6.45, 7) is 7.76. The normalized spacial score (nSPS) is 12.8. The highest BCUT2D eigenvalue weighted by molar-refractivity contribution is 5.81. The summed E-state index contributed by atoms with van der Waals surface area (Å²) in [7, 11) is 3.20. The fourth-order valence-electron chi connectivity index (χ4n) is 2.86. The summed E-state index contributed by atoms with van der Waals surface area (Å²) in [5.74, 6) is 1.88. The van der Waals surface area contributed by atoms with Gasteiger partial charge in [-0.3, -0.25) is 4.79 Å². The first-order valence-electron chi connectivity index (χ1n) is 9.15. The molecule has 0 bridgehead atoms. The smallest absolute Gasteiger partial charge is 0.261 e. The van der Waals surface area contributed by atoms with Crippen LogP contribution in [0.2, 0.25) is 0 Å². The number of hydrogen-bond donors (Lipinski definition) is 1. The Labute approximate surface area is 161 Å². The van der Waals surface area contributed by atoms with Crippen LogP contribution in [0.4, 0.5) is 0 Å². The maximum atomic E-state index is 12.7. The molecule has 5 heteroatoms. The van der Waals surface area contributed by atoms with Crippen molar-refractivity contribution >= 4 is 5.91 Å². The Hall–Kier alpha value is -2.69. The van der Waals surface area contributed by atoms with E-state index in [0.717, 1.165) is 28.9 Å². The van der Waals surface area contributed by atoms with Gasteiger partial charge in [-0.1, -0.05) is 25.1 Å². The predicted octanol–water partition coefficient (Wildman–Crippen LogP) is 4.36. The number of nitrogens with one attached hydrogen (secondary N) is 1. The third-order valence-corrected chi connectivity index (χ3v) is 4.55. The summed E-state index contributed by atoms with van der Waals surface area (Å²) in [5, 5.41) is 3.07. The van der Waals surface area contributed by atoms with E-state index in [2.05, 4.69) is 5.32 Å². The van der Waals surface area contributed by atoms with E-state index < -0.39 is 6.10 Å². The van der Waals surface area contributed by atoms with Crippen LogP contribution < -0.4 is 19.5 Å². The first-order chi connectivity index (χ1) is 12.9. The van der Waals surface area contributed by atoms with Gasteiger partial charge in [0.05, 0.1) is 20.3 Å². The largest absolute Gasteiger partial charge is 0.493 e. The van der Waals surface area contributed by atoms with Crippen molar-refractivity contribution < 1.29 is 19.0 Å². The number of ether oxygens (including phenoxy) is 3. The van der Waals surface area contributed by atoms with Crippen LogP contribution in [0.1, 0.15) is 43.0 Å². The number of carbonyl (C=O) groups is 1. The predicted molar refractivity (Wildman–Crippen MR) is 107 cm³/mol. The molecular weight excluding hydrogens is 342 g/mol. The lowest BCUT2D eigenvalue weighted by Gasteiger charge is -2.22. The average Bonchev–Trinajstić information content (AvgIpc) is 2.68. The third-order valence-electron chi connectivity index (χ3n) is 4.55. The van der Waals surface area contributed by atoms with Gasteiger partial charge >= 0.3 is 0 Å². The van der Waals surface area contributed by atoms with Crippen LogP contribution >= 0.6 is 0 Å². The minimum Gasteiger partial charge on any atom is -0.493 e. The van der Waals surface area contributed by atoms with Crippen molar-refractivity contribution in [3.8, 4) is 17.2 Å². The average molecular weight is 371 g/mol. The molecule has 0 aliphatic rings. The quantitative estimate of drug-likeness (QED) is 0.749. The number of amides is 1. The lowest BCUT2D eigenvalue weighted by molar-refractivity contribution is -0.128. The van der Waals surface area contributed by atoms with Crippen molar-refractivity contribution in [3.63, 3.8) is 0 Å². The number of methoxy groups -OCH3 is 2. The van der Waals surface area contributed by atoms with Crippen molar-refractivity contribution in [1.82, 2.24) is 5.32 Å². The van der Waals surface area contributed by atoms with Crippen LogP contribution in [0.15, 0.2) is 36.4 Å². The van der Waals surface area contributed by atoms with Crippen LogP contribution in [0, 0.1) is 13.8 Å². The summed E-state index contributed by atoms with van der Waals surface area (Å²) in [6, 6.07) is 11.5. The number of hydrogen-bond acceptors (Lipinski definition) is 4. The molecule has 2 rings (SSSR count). The summed E-state index contributed by atoms with van der Waals surface area (Å²) in [5.41, 5.74) is 3.06. The SMILES string of the molecule is CC[C@H](NC(=O)[C@@H](C)Oc1cc(C)ccc1C)c1ccc(OC)c(OC)c1. The molecule has 0 fully saturated rings. The summed E-state index contributed by atoms with van der Waals surface area (Å²) >= 11 is 0. The Balaban J connectivity index is 2.11. The van der Waals surface area contributed by atoms with E-state index >= 15 is 0 Å². The van der Waals surface area contributed by atoms with E-state index in [4.69, 9.17) is 14.2 Å². The van der Waals surface area contributed by atoms with Gasteiger partial charge in [0.1, 0.15) is 5.75 Å². The molecule has 2 aromatic carbocycles. The topological polar surface area (TPSA) is 56.8 Å². The van der Waals surface area contributed by atoms with E-state index in [9.17, 15) is 4.79 Å². The Kier molecular flexibility index (Phi) is 7.11. The molecule has 27 heavy (non-hydrogen) atoms. The molecule has 0 radical (unpaired) electrons. The van der Waals surface area contributed by atoms with E-state index in [1.54, 1.807) is 21.1 Å². The molecule has 1 amide bonds. The number of rotatable bonds is 8. The lowest BCUT2D eigenvalue weighted by atomic mass is 10.0. The standard InChI is InChI=1S/C22H29NO4/c1-7-18(17-10-11-19(25-5)21(13-17)26-6)23-22(24)16(4)27-20-12-14(2)8-9-15(20)3/h8-13,16,18H,7H2,1-6H3,(H,23,24)/t16-,18+/m1/s1. The van der Waals surface area contributed by atoms with Gasteiger partial charge < -0.3 is 19.5 Å². The molecule has 0 spiro atoms. The van der Waals surface area contributed by atoms with Crippen LogP contribution in [-0.4, -0.2) is 26.2 Å². The van der Waals surface area contributed by atoms with Crippen molar-refractivity contribution in [2.24, 2.45) is 0 Å². The maximum absolute atomic E-state index is 12.7. The molecule has 0 aliphatic heterocycles. The zero-order valence-electron chi connectivity index (χ0n) is 17.0. The minimum absolute atomic E-state index is 0.137. The molecule has 0 saturated heterocycles. The second-order valence-corrected chi connectivity index (χ2v) is 6.61. The zero-order valence-corrected chi connectivity index (χ0v) is 17.0. The lowest BCUT2D eigenvalue weighted by Crippen LogP contribution is -2.38. The highest BCUT2D eigenvalue weighted by Gasteiger charge is 2.21. The van der Waals surface area contributed by atoms with E-state index in [0.29, 0.717) is 11.5 Å². The Morgan fingerprint density at radius 2 is 1.70 bits per heavy atom. The van der Waals surface area contributed by atoms with Crippen molar-refractivity contribution in [2.75, 3.05) is 14.2 Å². The minimum atomic E-state index is -0.598. The van der Waals surface area contributed by atoms with Crippen molar-refractivity contribution in [2.45, 2.75) is 46.3 Å². The number of benzene rings is 2. The summed E-state index contributed by atoms with van der Waals surface area (Å²) in [4.78, 5) is 12.7. The summed E-state index contributed by atoms with van der Waals surface area (Å²) in [6.07, 6.45) is 0.150. The Morgan fingerprint density at radius 1 is 1.00 bits per heavy atom. The van der Waals surface area contributed by atoms with Gasteiger partial charge in [-0.05, 0) is 62.1 Å². The first kappa shape index (κ1) is 20.6. The van der Waals surface area contributed by atoms with Gasteiger partial charge in [0.25, 0.3) is 5.91 Å². The van der Waals surface area contributed by atoms with Crippen LogP contribution in [-0.2, 0) is 4.79 Å². The van der Waals surface area contributed by atoms with E-state index in [1.807, 2.05) is 57.2 Å². The van der Waals surface area contributed by atoms with Gasteiger partial charge in [0.15, 0.2) is 17.6 Å². The number of aryl methyl sites for hydroxylation is 2. The van der Waals surface area contributed by atoms with Crippen molar-refractivity contribution in [1.29, 1.82) is 0 Å². The second-order valence-electron chi connectivity index (χ2n) is 6.61. The molecule has 1 N–H and O–H groups in total. The maximum Gasteiger partial charge on any atom is 0.261 e. The fourth-order valence-corrected chi connectivity index (χ4v) is 2.86. The Bertz CT molecular complexity index is 788. The van der Waals surface area contributed by atoms with Gasteiger partial charge in [0.2, 0.25) is 0 Å². The molecule has 0 unspecified atom stereocenters. The fraction of sp³-hybridized carbons (Fsp3) is 0.409. The monoisotopic (exact) mass is 371 g/mol. The molecule has 0 aromatic heterocycles. The molecule has 2 aromatic rings. The molecule has 0 heterocycles. The second kappa shape index (κ2) is 9.31. The summed E-state index contributed by atoms with van der Waals surface area (Å²) < 4.78 is 16.5. The van der Waals surface area contributed by atoms with E-state index in [-0.39, 0.29) is 11.9 Å². The first-order valence-corrected chi connectivity index (χ1v) is 9.15. The molecule has 146 valence electrons. The molecule has 0 aliphatic carbocycles. The van der Waals surface area contributed by atoms with E-state index in [1.165, 1.54) is 0 Å². The van der Waals surface area contributed by atoms with Gasteiger partial charge in [-0.25, -0.2) is 0 Å². The number of carbonyl (C=O) groups excluding carboxylic acids is 1. The Morgan fingerprint density at radius 3 is 2.33 bits per heavy atom. The molecule has 2 atom stereocenters. The van der Waals surface area contributed by atoms with Crippen LogP contribution in [0.5, 0.6) is 17.2 Å². The molecule has 5 nitrogen and oxygen atoms in total. The highest BCUT2D eigenvalue weighted by atomic mass is 16.5. The zero-order chi connectivity index (χ0) is 20.0. The van der Waals surface area contributed by atoms with Gasteiger partial charge in [0, 0.05) is 0 Å².